The topological polar surface area (TPSA) is 35.2 Å². The average Bonchev–Trinajstić information content (AvgIpc) is 2.69. The highest BCUT2D eigenvalue weighted by atomic mass is 32.1. The fourth-order valence-corrected chi connectivity index (χ4v) is 2.05. The number of thiocarbonyl (C=S) groups is 1. The molecule has 0 atom stereocenters. The van der Waals surface area contributed by atoms with Gasteiger partial charge in [-0.1, -0.05) is 32.1 Å². The van der Waals surface area contributed by atoms with Crippen molar-refractivity contribution in [2.75, 3.05) is 6.61 Å². The number of thiophene rings is 1. The van der Waals surface area contributed by atoms with E-state index in [0.29, 0.717) is 11.6 Å². The Kier molecular flexibility index (Phi) is 5.38. The molecule has 0 aliphatic rings. The van der Waals surface area contributed by atoms with Gasteiger partial charge < -0.3 is 10.5 Å². The molecule has 0 aromatic carbocycles. The summed E-state index contributed by atoms with van der Waals surface area (Å²) >= 11 is 6.74. The molecular weight excluding hydrogens is 238 g/mol. The maximum absolute atomic E-state index is 5.65. The molecule has 90 valence electrons. The Bertz CT molecular complexity index is 320. The first-order chi connectivity index (χ1) is 7.52. The van der Waals surface area contributed by atoms with Crippen molar-refractivity contribution in [3.8, 4) is 0 Å². The molecule has 0 unspecified atom stereocenters. The quantitative estimate of drug-likeness (QED) is 0.601. The first kappa shape index (κ1) is 13.6. The van der Waals surface area contributed by atoms with Gasteiger partial charge in [-0.25, -0.2) is 0 Å². The molecule has 1 aromatic heterocycles. The van der Waals surface area contributed by atoms with Crippen LogP contribution in [0.25, 0.3) is 0 Å². The summed E-state index contributed by atoms with van der Waals surface area (Å²) in [6.07, 6.45) is 1.97. The summed E-state index contributed by atoms with van der Waals surface area (Å²) in [5.41, 5.74) is 5.60. The van der Waals surface area contributed by atoms with Gasteiger partial charge in [0.25, 0.3) is 0 Å². The minimum atomic E-state index is -0.0539. The molecule has 4 heteroatoms. The predicted octanol–water partition coefficient (Wildman–Crippen LogP) is 3.36. The molecule has 0 aliphatic heterocycles. The van der Waals surface area contributed by atoms with E-state index in [9.17, 15) is 0 Å². The Balaban J connectivity index is 2.10. The second kappa shape index (κ2) is 6.33. The fraction of sp³-hybridized carbons (Fsp3) is 0.583. The second-order valence-corrected chi connectivity index (χ2v) is 5.96. The van der Waals surface area contributed by atoms with Crippen LogP contribution in [0.15, 0.2) is 17.5 Å². The predicted molar refractivity (Wildman–Crippen MR) is 73.8 cm³/mol. The van der Waals surface area contributed by atoms with Gasteiger partial charge in [-0.2, -0.15) is 0 Å². The van der Waals surface area contributed by atoms with E-state index in [4.69, 9.17) is 22.7 Å². The monoisotopic (exact) mass is 257 g/mol. The molecule has 0 bridgehead atoms. The van der Waals surface area contributed by atoms with Crippen molar-refractivity contribution in [3.05, 3.63) is 22.4 Å². The van der Waals surface area contributed by atoms with Crippen molar-refractivity contribution in [2.24, 2.45) is 11.1 Å². The van der Waals surface area contributed by atoms with E-state index in [1.807, 2.05) is 6.07 Å². The minimum absolute atomic E-state index is 0.0539. The van der Waals surface area contributed by atoms with Gasteiger partial charge in [0.05, 0.1) is 11.6 Å². The maximum Gasteiger partial charge on any atom is 0.0809 e. The zero-order valence-electron chi connectivity index (χ0n) is 9.86. The van der Waals surface area contributed by atoms with Crippen LogP contribution in [-0.4, -0.2) is 11.6 Å². The highest BCUT2D eigenvalue weighted by molar-refractivity contribution is 7.80. The lowest BCUT2D eigenvalue weighted by Crippen LogP contribution is -2.29. The summed E-state index contributed by atoms with van der Waals surface area (Å²) in [5.74, 6) is 0. The molecule has 0 saturated heterocycles. The SMILES string of the molecule is CC(C)(CCCOCc1cccs1)C(N)=S. The zero-order chi connectivity index (χ0) is 12.0. The maximum atomic E-state index is 5.65. The molecule has 0 saturated carbocycles. The van der Waals surface area contributed by atoms with Gasteiger partial charge in [-0.3, -0.25) is 0 Å². The normalized spacial score (nSPS) is 11.6. The smallest absolute Gasteiger partial charge is 0.0809 e. The Morgan fingerprint density at radius 1 is 1.56 bits per heavy atom. The number of ether oxygens (including phenoxy) is 1. The lowest BCUT2D eigenvalue weighted by Gasteiger charge is -2.22. The Morgan fingerprint density at radius 3 is 2.88 bits per heavy atom. The van der Waals surface area contributed by atoms with E-state index in [-0.39, 0.29) is 5.41 Å². The van der Waals surface area contributed by atoms with Crippen molar-refractivity contribution in [2.45, 2.75) is 33.3 Å². The van der Waals surface area contributed by atoms with Crippen LogP contribution in [0.1, 0.15) is 31.6 Å². The van der Waals surface area contributed by atoms with Crippen molar-refractivity contribution < 1.29 is 4.74 Å². The molecule has 1 aromatic rings. The van der Waals surface area contributed by atoms with E-state index in [1.165, 1.54) is 4.88 Å². The summed E-state index contributed by atoms with van der Waals surface area (Å²) in [5, 5.41) is 2.06. The summed E-state index contributed by atoms with van der Waals surface area (Å²) in [4.78, 5) is 1.86. The van der Waals surface area contributed by atoms with Crippen LogP contribution in [0.3, 0.4) is 0 Å². The van der Waals surface area contributed by atoms with E-state index in [1.54, 1.807) is 11.3 Å². The molecule has 2 nitrogen and oxygen atoms in total. The van der Waals surface area contributed by atoms with E-state index in [0.717, 1.165) is 19.4 Å². The first-order valence-electron chi connectivity index (χ1n) is 5.42. The van der Waals surface area contributed by atoms with Gasteiger partial charge in [-0.05, 0) is 24.3 Å². The van der Waals surface area contributed by atoms with Crippen LogP contribution in [0.5, 0.6) is 0 Å². The fourth-order valence-electron chi connectivity index (χ4n) is 1.31. The van der Waals surface area contributed by atoms with Crippen molar-refractivity contribution >= 4 is 28.5 Å². The molecule has 1 rings (SSSR count). The molecule has 0 radical (unpaired) electrons. The number of hydrogen-bond donors (Lipinski definition) is 1. The van der Waals surface area contributed by atoms with Crippen LogP contribution in [-0.2, 0) is 11.3 Å². The van der Waals surface area contributed by atoms with E-state index >= 15 is 0 Å². The minimum Gasteiger partial charge on any atom is -0.393 e. The Morgan fingerprint density at radius 2 is 2.31 bits per heavy atom. The average molecular weight is 257 g/mol. The second-order valence-electron chi connectivity index (χ2n) is 4.48. The summed E-state index contributed by atoms with van der Waals surface area (Å²) < 4.78 is 5.58. The summed E-state index contributed by atoms with van der Waals surface area (Å²) in [6, 6.07) is 4.13. The molecular formula is C12H19NOS2. The van der Waals surface area contributed by atoms with Crippen LogP contribution >= 0.6 is 23.6 Å². The third-order valence-electron chi connectivity index (χ3n) is 2.58. The van der Waals surface area contributed by atoms with Gasteiger partial charge in [0.15, 0.2) is 0 Å². The first-order valence-corrected chi connectivity index (χ1v) is 6.71. The zero-order valence-corrected chi connectivity index (χ0v) is 11.5. The van der Waals surface area contributed by atoms with Gasteiger partial charge in [0.2, 0.25) is 0 Å². The third-order valence-corrected chi connectivity index (χ3v) is 3.98. The van der Waals surface area contributed by atoms with Crippen LogP contribution in [0, 0.1) is 5.41 Å². The van der Waals surface area contributed by atoms with Gasteiger partial charge in [0.1, 0.15) is 0 Å². The lowest BCUT2D eigenvalue weighted by molar-refractivity contribution is 0.115. The molecule has 0 fully saturated rings. The third kappa shape index (κ3) is 4.60. The van der Waals surface area contributed by atoms with Gasteiger partial charge in [-0.15, -0.1) is 11.3 Å². The summed E-state index contributed by atoms with van der Waals surface area (Å²) in [6.45, 7) is 5.64. The molecule has 16 heavy (non-hydrogen) atoms. The standard InChI is InChI=1S/C12H19NOS2/c1-12(2,11(13)15)6-4-7-14-9-10-5-3-8-16-10/h3,5,8H,4,6-7,9H2,1-2H3,(H2,13,15). The van der Waals surface area contributed by atoms with E-state index < -0.39 is 0 Å². The van der Waals surface area contributed by atoms with Crippen molar-refractivity contribution in [1.82, 2.24) is 0 Å². The highest BCUT2D eigenvalue weighted by Crippen LogP contribution is 2.22. The molecule has 0 aliphatic carbocycles. The molecule has 0 amide bonds. The molecule has 0 spiro atoms. The lowest BCUT2D eigenvalue weighted by atomic mass is 9.88. The Labute approximate surface area is 107 Å². The largest absolute Gasteiger partial charge is 0.393 e. The van der Waals surface area contributed by atoms with Gasteiger partial charge >= 0.3 is 0 Å². The molecule has 1 heterocycles. The number of nitrogens with two attached hydrogens (primary N) is 1. The van der Waals surface area contributed by atoms with Crippen molar-refractivity contribution in [3.63, 3.8) is 0 Å². The van der Waals surface area contributed by atoms with Gasteiger partial charge in [0, 0.05) is 16.9 Å². The van der Waals surface area contributed by atoms with Crippen molar-refractivity contribution in [1.29, 1.82) is 0 Å². The number of rotatable bonds is 7. The van der Waals surface area contributed by atoms with Crippen LogP contribution in [0.2, 0.25) is 0 Å². The number of hydrogen-bond acceptors (Lipinski definition) is 3. The van der Waals surface area contributed by atoms with E-state index in [2.05, 4.69) is 25.3 Å². The summed E-state index contributed by atoms with van der Waals surface area (Å²) in [7, 11) is 0. The highest BCUT2D eigenvalue weighted by Gasteiger charge is 2.20. The Hall–Kier alpha value is -0.450. The molecule has 2 N–H and O–H groups in total. The van der Waals surface area contributed by atoms with Crippen LogP contribution in [0.4, 0.5) is 0 Å². The van der Waals surface area contributed by atoms with Crippen LogP contribution < -0.4 is 5.73 Å².